The van der Waals surface area contributed by atoms with Gasteiger partial charge in [0.15, 0.2) is 11.5 Å². The van der Waals surface area contributed by atoms with E-state index < -0.39 is 12.0 Å². The predicted molar refractivity (Wildman–Crippen MR) is 52.8 cm³/mol. The first kappa shape index (κ1) is 11.1. The van der Waals surface area contributed by atoms with Crippen LogP contribution in [0.1, 0.15) is 31.4 Å². The van der Waals surface area contributed by atoms with Crippen molar-refractivity contribution in [3.8, 4) is 11.5 Å². The number of hydrogen-bond donors (Lipinski definition) is 1. The monoisotopic (exact) mass is 230 g/mol. The van der Waals surface area contributed by atoms with E-state index in [1.165, 1.54) is 26.0 Å². The van der Waals surface area contributed by atoms with Crippen molar-refractivity contribution < 1.29 is 23.4 Å². The normalized spacial score (nSPS) is 14.6. The van der Waals surface area contributed by atoms with Gasteiger partial charge in [0.2, 0.25) is 6.79 Å². The summed E-state index contributed by atoms with van der Waals surface area (Å²) in [5.41, 5.74) is -1.41. The van der Waals surface area contributed by atoms with E-state index >= 15 is 0 Å². The largest absolute Gasteiger partial charge is 0.454 e. The molecule has 1 N–H and O–H groups in total. The van der Waals surface area contributed by atoms with Gasteiger partial charge in [0.1, 0.15) is 0 Å². The number of benzene rings is 1. The summed E-state index contributed by atoms with van der Waals surface area (Å²) >= 11 is 0. The maximum absolute atomic E-state index is 12.8. The highest BCUT2D eigenvalue weighted by Crippen LogP contribution is 2.41. The highest BCUT2D eigenvalue weighted by Gasteiger charge is 2.28. The number of alkyl halides is 2. The zero-order chi connectivity index (χ0) is 11.9. The summed E-state index contributed by atoms with van der Waals surface area (Å²) in [7, 11) is 0. The molecule has 1 aliphatic heterocycles. The third-order valence-electron chi connectivity index (χ3n) is 2.44. The van der Waals surface area contributed by atoms with Gasteiger partial charge in [-0.25, -0.2) is 8.78 Å². The average molecular weight is 230 g/mol. The molecule has 1 aromatic rings. The highest BCUT2D eigenvalue weighted by molar-refractivity contribution is 5.50. The minimum atomic E-state index is -2.66. The zero-order valence-electron chi connectivity index (χ0n) is 8.96. The number of aliphatic hydroxyl groups is 1. The van der Waals surface area contributed by atoms with E-state index in [4.69, 9.17) is 9.47 Å². The molecule has 1 aromatic carbocycles. The Morgan fingerprint density at radius 3 is 2.31 bits per heavy atom. The Kier molecular flexibility index (Phi) is 2.50. The standard InChI is InChI=1S/C11H12F2O3/c1-11(2,14)7-4-9-8(15-5-16-9)3-6(7)10(12)13/h3-4,10,14H,5H2,1-2H3. The molecule has 0 amide bonds. The van der Waals surface area contributed by atoms with Crippen molar-refractivity contribution in [1.29, 1.82) is 0 Å². The van der Waals surface area contributed by atoms with Crippen molar-refractivity contribution in [3.63, 3.8) is 0 Å². The van der Waals surface area contributed by atoms with E-state index in [2.05, 4.69) is 0 Å². The van der Waals surface area contributed by atoms with E-state index in [9.17, 15) is 13.9 Å². The Morgan fingerprint density at radius 2 is 1.81 bits per heavy atom. The van der Waals surface area contributed by atoms with Gasteiger partial charge in [-0.3, -0.25) is 0 Å². The fourth-order valence-corrected chi connectivity index (χ4v) is 1.67. The number of hydrogen-bond acceptors (Lipinski definition) is 3. The first-order valence-electron chi connectivity index (χ1n) is 4.84. The number of rotatable bonds is 2. The van der Waals surface area contributed by atoms with Gasteiger partial charge < -0.3 is 14.6 Å². The summed E-state index contributed by atoms with van der Waals surface area (Å²) in [4.78, 5) is 0. The summed E-state index contributed by atoms with van der Waals surface area (Å²) in [6.07, 6.45) is -2.66. The topological polar surface area (TPSA) is 38.7 Å². The molecule has 0 aliphatic carbocycles. The second-order valence-electron chi connectivity index (χ2n) is 4.15. The predicted octanol–water partition coefficient (Wildman–Crippen LogP) is 2.58. The van der Waals surface area contributed by atoms with Crippen LogP contribution in [0.5, 0.6) is 11.5 Å². The van der Waals surface area contributed by atoms with E-state index in [0.717, 1.165) is 0 Å². The fourth-order valence-electron chi connectivity index (χ4n) is 1.67. The SMILES string of the molecule is CC(C)(O)c1cc2c(cc1C(F)F)OCO2. The lowest BCUT2D eigenvalue weighted by atomic mass is 9.93. The molecule has 0 aromatic heterocycles. The molecule has 5 heteroatoms. The second-order valence-corrected chi connectivity index (χ2v) is 4.15. The van der Waals surface area contributed by atoms with Crippen LogP contribution < -0.4 is 9.47 Å². The molecule has 88 valence electrons. The van der Waals surface area contributed by atoms with Crippen LogP contribution >= 0.6 is 0 Å². The number of ether oxygens (including phenoxy) is 2. The highest BCUT2D eigenvalue weighted by atomic mass is 19.3. The van der Waals surface area contributed by atoms with Crippen molar-refractivity contribution in [3.05, 3.63) is 23.3 Å². The minimum absolute atomic E-state index is 0.0212. The third kappa shape index (κ3) is 1.82. The van der Waals surface area contributed by atoms with Crippen LogP contribution in [0.2, 0.25) is 0 Å². The summed E-state index contributed by atoms with van der Waals surface area (Å²) < 4.78 is 35.7. The van der Waals surface area contributed by atoms with Gasteiger partial charge in [0.05, 0.1) is 5.60 Å². The minimum Gasteiger partial charge on any atom is -0.454 e. The quantitative estimate of drug-likeness (QED) is 0.848. The van der Waals surface area contributed by atoms with E-state index in [1.807, 2.05) is 0 Å². The van der Waals surface area contributed by atoms with Crippen LogP contribution in [-0.4, -0.2) is 11.9 Å². The maximum Gasteiger partial charge on any atom is 0.264 e. The van der Waals surface area contributed by atoms with Gasteiger partial charge in [-0.05, 0) is 31.5 Å². The van der Waals surface area contributed by atoms with Gasteiger partial charge >= 0.3 is 0 Å². The van der Waals surface area contributed by atoms with Crippen LogP contribution in [0.3, 0.4) is 0 Å². The molecular weight excluding hydrogens is 218 g/mol. The van der Waals surface area contributed by atoms with Crippen molar-refractivity contribution in [2.24, 2.45) is 0 Å². The lowest BCUT2D eigenvalue weighted by Gasteiger charge is -2.21. The molecular formula is C11H12F2O3. The third-order valence-corrected chi connectivity index (χ3v) is 2.44. The van der Waals surface area contributed by atoms with E-state index in [-0.39, 0.29) is 17.9 Å². The van der Waals surface area contributed by atoms with Crippen molar-refractivity contribution in [2.45, 2.75) is 25.9 Å². The molecule has 0 saturated heterocycles. The Hall–Kier alpha value is -1.36. The molecule has 3 nitrogen and oxygen atoms in total. The summed E-state index contributed by atoms with van der Waals surface area (Å²) in [6, 6.07) is 2.63. The summed E-state index contributed by atoms with van der Waals surface area (Å²) in [5.74, 6) is 0.685. The molecule has 0 saturated carbocycles. The molecule has 2 rings (SSSR count). The van der Waals surface area contributed by atoms with Crippen molar-refractivity contribution in [1.82, 2.24) is 0 Å². The lowest BCUT2D eigenvalue weighted by Crippen LogP contribution is -2.18. The molecule has 1 heterocycles. The molecule has 0 spiro atoms. The van der Waals surface area contributed by atoms with Crippen LogP contribution in [0.25, 0.3) is 0 Å². The lowest BCUT2D eigenvalue weighted by molar-refractivity contribution is 0.0699. The van der Waals surface area contributed by atoms with Gasteiger partial charge in [-0.15, -0.1) is 0 Å². The first-order valence-corrected chi connectivity index (χ1v) is 4.84. The first-order chi connectivity index (χ1) is 7.39. The Bertz CT molecular complexity index is 410. The summed E-state index contributed by atoms with van der Waals surface area (Å²) in [5, 5.41) is 9.82. The molecule has 16 heavy (non-hydrogen) atoms. The van der Waals surface area contributed by atoms with E-state index in [1.54, 1.807) is 0 Å². The molecule has 0 unspecified atom stereocenters. The number of fused-ring (bicyclic) bond motifs is 1. The average Bonchev–Trinajstić information content (AvgIpc) is 2.60. The van der Waals surface area contributed by atoms with Crippen LogP contribution in [-0.2, 0) is 5.60 Å². The van der Waals surface area contributed by atoms with Crippen molar-refractivity contribution >= 4 is 0 Å². The molecule has 0 bridgehead atoms. The van der Waals surface area contributed by atoms with Gasteiger partial charge in [-0.2, -0.15) is 0 Å². The fraction of sp³-hybridized carbons (Fsp3) is 0.455. The maximum atomic E-state index is 12.8. The van der Waals surface area contributed by atoms with Gasteiger partial charge in [0.25, 0.3) is 6.43 Å². The number of halogens is 2. The van der Waals surface area contributed by atoms with E-state index in [0.29, 0.717) is 11.5 Å². The Labute approximate surface area is 91.6 Å². The zero-order valence-corrected chi connectivity index (χ0v) is 8.96. The second kappa shape index (κ2) is 3.59. The van der Waals surface area contributed by atoms with Crippen LogP contribution in [0, 0.1) is 0 Å². The Balaban J connectivity index is 2.58. The summed E-state index contributed by atoms with van der Waals surface area (Å²) in [6.45, 7) is 2.93. The molecule has 0 fully saturated rings. The Morgan fingerprint density at radius 1 is 1.25 bits per heavy atom. The smallest absolute Gasteiger partial charge is 0.264 e. The molecule has 0 atom stereocenters. The van der Waals surface area contributed by atoms with Crippen LogP contribution in [0.4, 0.5) is 8.78 Å². The molecule has 0 radical (unpaired) electrons. The van der Waals surface area contributed by atoms with Crippen molar-refractivity contribution in [2.75, 3.05) is 6.79 Å². The molecule has 1 aliphatic rings. The van der Waals surface area contributed by atoms with Crippen LogP contribution in [0.15, 0.2) is 12.1 Å². The van der Waals surface area contributed by atoms with Gasteiger partial charge in [0, 0.05) is 5.56 Å². The van der Waals surface area contributed by atoms with Gasteiger partial charge in [-0.1, -0.05) is 0 Å².